The maximum atomic E-state index is 13.1. The summed E-state index contributed by atoms with van der Waals surface area (Å²) in [7, 11) is 1.87. The van der Waals surface area contributed by atoms with Gasteiger partial charge in [0.05, 0.1) is 36.4 Å². The van der Waals surface area contributed by atoms with Crippen molar-refractivity contribution in [3.8, 4) is 5.69 Å². The molecule has 0 N–H and O–H groups in total. The van der Waals surface area contributed by atoms with Crippen molar-refractivity contribution in [3.63, 3.8) is 0 Å². The van der Waals surface area contributed by atoms with E-state index in [1.165, 1.54) is 0 Å². The smallest absolute Gasteiger partial charge is 0.225 e. The van der Waals surface area contributed by atoms with Gasteiger partial charge in [-0.2, -0.15) is 5.10 Å². The number of hydrogen-bond acceptors (Lipinski definition) is 6. The summed E-state index contributed by atoms with van der Waals surface area (Å²) in [4.78, 5) is 20.1. The van der Waals surface area contributed by atoms with Crippen LogP contribution in [0.15, 0.2) is 35.5 Å². The summed E-state index contributed by atoms with van der Waals surface area (Å²) in [5.41, 5.74) is 3.35. The highest BCUT2D eigenvalue weighted by atomic mass is 35.5. The number of likely N-dealkylation sites (tertiary alicyclic amines) is 1. The molecule has 1 atom stereocenters. The molecule has 9 nitrogen and oxygen atoms in total. The fourth-order valence-corrected chi connectivity index (χ4v) is 4.86. The summed E-state index contributed by atoms with van der Waals surface area (Å²) in [5, 5.41) is 14.0. The first kappa shape index (κ1) is 19.6. The lowest BCUT2D eigenvalue weighted by Gasteiger charge is -2.55. The van der Waals surface area contributed by atoms with E-state index >= 15 is 0 Å². The average Bonchev–Trinajstić information content (AvgIpc) is 3.22. The van der Waals surface area contributed by atoms with Crippen LogP contribution in [0.1, 0.15) is 35.4 Å². The number of nitrogens with zero attached hydrogens (tertiary/aromatic N) is 7. The molecule has 2 aromatic heterocycles. The van der Waals surface area contributed by atoms with Crippen LogP contribution in [0.2, 0.25) is 5.02 Å². The van der Waals surface area contributed by atoms with E-state index in [-0.39, 0.29) is 17.7 Å². The summed E-state index contributed by atoms with van der Waals surface area (Å²) in [6.07, 6.45) is 2.16. The van der Waals surface area contributed by atoms with Gasteiger partial charge in [-0.1, -0.05) is 23.7 Å². The number of hydrogen-bond donors (Lipinski definition) is 0. The van der Waals surface area contributed by atoms with E-state index in [0.717, 1.165) is 49.1 Å². The highest BCUT2D eigenvalue weighted by Gasteiger charge is 2.50. The van der Waals surface area contributed by atoms with Crippen LogP contribution in [-0.2, 0) is 16.6 Å². The Hall–Kier alpha value is -3.04. The number of halogens is 1. The SMILES string of the molecule is Cc1nnc2n1-c1cn(C)nc1C(c1ccc(Cl)cc1)=N[C@H]2CC(=O)N1CC2(COC2)C1. The number of aliphatic imine (C=N–C) groups is 1. The first-order valence-electron chi connectivity index (χ1n) is 10.6. The Kier molecular flexibility index (Phi) is 4.28. The molecular formula is C22H22ClN7O2. The van der Waals surface area contributed by atoms with Gasteiger partial charge in [0.15, 0.2) is 5.82 Å². The second-order valence-corrected chi connectivity index (χ2v) is 9.36. The molecule has 3 aliphatic heterocycles. The van der Waals surface area contributed by atoms with Crippen molar-refractivity contribution in [2.24, 2.45) is 17.5 Å². The number of carbonyl (C=O) groups excluding carboxylic acids is 1. The summed E-state index contributed by atoms with van der Waals surface area (Å²) < 4.78 is 9.05. The summed E-state index contributed by atoms with van der Waals surface area (Å²) in [5.74, 6) is 1.45. The molecule has 3 aliphatic rings. The third-order valence-electron chi connectivity index (χ3n) is 6.41. The fourth-order valence-electron chi connectivity index (χ4n) is 4.74. The quantitative estimate of drug-likeness (QED) is 0.608. The molecule has 10 heteroatoms. The number of amides is 1. The zero-order valence-corrected chi connectivity index (χ0v) is 18.6. The Morgan fingerprint density at radius 2 is 1.97 bits per heavy atom. The molecule has 32 heavy (non-hydrogen) atoms. The highest BCUT2D eigenvalue weighted by molar-refractivity contribution is 6.30. The molecule has 1 aromatic carbocycles. The van der Waals surface area contributed by atoms with Crippen molar-refractivity contribution in [1.29, 1.82) is 0 Å². The number of rotatable bonds is 3. The monoisotopic (exact) mass is 451 g/mol. The van der Waals surface area contributed by atoms with E-state index in [2.05, 4.69) is 10.2 Å². The topological polar surface area (TPSA) is 90.4 Å². The maximum absolute atomic E-state index is 13.1. The van der Waals surface area contributed by atoms with Crippen LogP contribution in [0.25, 0.3) is 5.69 Å². The maximum Gasteiger partial charge on any atom is 0.225 e. The van der Waals surface area contributed by atoms with Gasteiger partial charge in [-0.05, 0) is 19.1 Å². The Morgan fingerprint density at radius 3 is 2.66 bits per heavy atom. The zero-order valence-electron chi connectivity index (χ0n) is 17.8. The van der Waals surface area contributed by atoms with Gasteiger partial charge in [0.2, 0.25) is 5.91 Å². The highest BCUT2D eigenvalue weighted by Crippen LogP contribution is 2.39. The molecule has 0 aliphatic carbocycles. The van der Waals surface area contributed by atoms with Crippen LogP contribution in [-0.4, -0.2) is 67.4 Å². The largest absolute Gasteiger partial charge is 0.380 e. The van der Waals surface area contributed by atoms with Gasteiger partial charge in [0.25, 0.3) is 0 Å². The zero-order chi connectivity index (χ0) is 22.0. The number of ether oxygens (including phenoxy) is 1. The molecule has 0 radical (unpaired) electrons. The van der Waals surface area contributed by atoms with Crippen molar-refractivity contribution >= 4 is 23.2 Å². The van der Waals surface area contributed by atoms with Crippen LogP contribution in [0.5, 0.6) is 0 Å². The Morgan fingerprint density at radius 1 is 1.22 bits per heavy atom. The van der Waals surface area contributed by atoms with Crippen LogP contribution in [0, 0.1) is 12.3 Å². The number of benzene rings is 1. The number of fused-ring (bicyclic) bond motifs is 3. The molecule has 0 unspecified atom stereocenters. The third-order valence-corrected chi connectivity index (χ3v) is 6.67. The normalized spacial score (nSPS) is 20.7. The van der Waals surface area contributed by atoms with E-state index in [1.807, 2.05) is 53.9 Å². The number of aromatic nitrogens is 5. The van der Waals surface area contributed by atoms with Crippen molar-refractivity contribution < 1.29 is 9.53 Å². The van der Waals surface area contributed by atoms with Crippen LogP contribution < -0.4 is 0 Å². The molecule has 0 saturated carbocycles. The molecule has 164 valence electrons. The minimum atomic E-state index is -0.469. The summed E-state index contributed by atoms with van der Waals surface area (Å²) in [6, 6.07) is 7.04. The third kappa shape index (κ3) is 2.99. The van der Waals surface area contributed by atoms with Gasteiger partial charge >= 0.3 is 0 Å². The van der Waals surface area contributed by atoms with Gasteiger partial charge in [-0.3, -0.25) is 19.0 Å². The predicted octanol–water partition coefficient (Wildman–Crippen LogP) is 2.10. The minimum Gasteiger partial charge on any atom is -0.380 e. The summed E-state index contributed by atoms with van der Waals surface area (Å²) >= 11 is 6.12. The molecule has 3 aromatic rings. The fraction of sp³-hybridized carbons (Fsp3) is 0.409. The lowest BCUT2D eigenvalue weighted by atomic mass is 9.78. The molecule has 5 heterocycles. The van der Waals surface area contributed by atoms with E-state index in [9.17, 15) is 4.79 Å². The van der Waals surface area contributed by atoms with Crippen LogP contribution in [0.4, 0.5) is 0 Å². The molecule has 1 spiro atoms. The minimum absolute atomic E-state index is 0.0685. The lowest BCUT2D eigenvalue weighted by Crippen LogP contribution is -2.67. The average molecular weight is 452 g/mol. The van der Waals surface area contributed by atoms with Gasteiger partial charge in [0, 0.05) is 36.9 Å². The number of aryl methyl sites for hydroxylation is 2. The van der Waals surface area contributed by atoms with E-state index in [4.69, 9.17) is 26.4 Å². The van der Waals surface area contributed by atoms with E-state index in [1.54, 1.807) is 4.68 Å². The lowest BCUT2D eigenvalue weighted by molar-refractivity contribution is -0.195. The molecule has 6 rings (SSSR count). The second-order valence-electron chi connectivity index (χ2n) is 8.92. The molecule has 2 saturated heterocycles. The molecule has 1 amide bonds. The van der Waals surface area contributed by atoms with Gasteiger partial charge in [0.1, 0.15) is 17.6 Å². The van der Waals surface area contributed by atoms with E-state index in [0.29, 0.717) is 16.6 Å². The van der Waals surface area contributed by atoms with Gasteiger partial charge < -0.3 is 9.64 Å². The molecule has 2 fully saturated rings. The summed E-state index contributed by atoms with van der Waals surface area (Å²) in [6.45, 7) is 4.89. The Labute approximate surface area is 189 Å². The second kappa shape index (κ2) is 6.98. The van der Waals surface area contributed by atoms with Crippen molar-refractivity contribution in [2.75, 3.05) is 26.3 Å². The number of carbonyl (C=O) groups is 1. The Balaban J connectivity index is 1.41. The standard InChI is InChI=1S/C22H22ClN7O2/c1-13-25-26-21-16(7-18(31)29-9-22(10-29)11-32-12-22)24-19(14-3-5-15(23)6-4-14)20-17(30(13)21)8-28(2)27-20/h3-6,8,16H,7,9-12H2,1-2H3/t16-/m0/s1. The molecular weight excluding hydrogens is 430 g/mol. The van der Waals surface area contributed by atoms with Crippen molar-refractivity contribution in [2.45, 2.75) is 19.4 Å². The predicted molar refractivity (Wildman–Crippen MR) is 117 cm³/mol. The Bertz CT molecular complexity index is 1250. The van der Waals surface area contributed by atoms with Gasteiger partial charge in [-0.25, -0.2) is 0 Å². The van der Waals surface area contributed by atoms with Gasteiger partial charge in [-0.15, -0.1) is 10.2 Å². The van der Waals surface area contributed by atoms with Crippen molar-refractivity contribution in [3.05, 3.63) is 58.4 Å². The van der Waals surface area contributed by atoms with Crippen LogP contribution >= 0.6 is 11.6 Å². The first-order chi connectivity index (χ1) is 15.4. The van der Waals surface area contributed by atoms with Crippen molar-refractivity contribution in [1.82, 2.24) is 29.4 Å². The van der Waals surface area contributed by atoms with E-state index < -0.39 is 6.04 Å². The molecule has 0 bridgehead atoms. The first-order valence-corrected chi connectivity index (χ1v) is 11.0. The van der Waals surface area contributed by atoms with Crippen LogP contribution in [0.3, 0.4) is 0 Å².